The molecule has 0 aromatic heterocycles. The van der Waals surface area contributed by atoms with Crippen LogP contribution in [0, 0.1) is 11.3 Å². The fourth-order valence-corrected chi connectivity index (χ4v) is 3.39. The number of carbonyl (C=O) groups excluding carboxylic acids is 1. The van der Waals surface area contributed by atoms with Crippen LogP contribution >= 0.6 is 0 Å². The number of carbonyl (C=O) groups is 2. The summed E-state index contributed by atoms with van der Waals surface area (Å²) in [6, 6.07) is 0. The fraction of sp³-hybridized carbons (Fsp3) is 0.857. The number of carboxylic acids is 1. The van der Waals surface area contributed by atoms with Crippen molar-refractivity contribution in [2.24, 2.45) is 11.3 Å². The van der Waals surface area contributed by atoms with Crippen LogP contribution in [-0.2, 0) is 9.59 Å². The Bertz CT molecular complexity index is 416. The van der Waals surface area contributed by atoms with Gasteiger partial charge in [-0.05, 0) is 25.7 Å². The minimum atomic E-state index is -4.29. The molecule has 2 aliphatic rings. The monoisotopic (exact) mass is 307 g/mol. The van der Waals surface area contributed by atoms with Crippen LogP contribution < -0.4 is 0 Å². The van der Waals surface area contributed by atoms with Crippen LogP contribution in [0.5, 0.6) is 0 Å². The molecule has 0 aromatic carbocycles. The van der Waals surface area contributed by atoms with Gasteiger partial charge in [-0.25, -0.2) is 0 Å². The third-order valence-electron chi connectivity index (χ3n) is 4.74. The third kappa shape index (κ3) is 3.49. The van der Waals surface area contributed by atoms with E-state index in [1.807, 2.05) is 0 Å². The summed E-state index contributed by atoms with van der Waals surface area (Å²) < 4.78 is 38.3. The molecule has 1 N–H and O–H groups in total. The number of hydrogen-bond acceptors (Lipinski definition) is 2. The van der Waals surface area contributed by atoms with Gasteiger partial charge in [0.15, 0.2) is 0 Å². The molecule has 0 spiro atoms. The van der Waals surface area contributed by atoms with E-state index in [0.29, 0.717) is 25.8 Å². The van der Waals surface area contributed by atoms with E-state index in [4.69, 9.17) is 0 Å². The Labute approximate surface area is 121 Å². The first-order chi connectivity index (χ1) is 9.74. The van der Waals surface area contributed by atoms with Gasteiger partial charge in [-0.1, -0.05) is 12.8 Å². The number of likely N-dealkylation sites (tertiary alicyclic amines) is 1. The molecule has 0 aromatic rings. The van der Waals surface area contributed by atoms with E-state index in [1.165, 1.54) is 4.90 Å². The molecule has 1 amide bonds. The smallest absolute Gasteiger partial charge is 0.393 e. The second kappa shape index (κ2) is 5.85. The van der Waals surface area contributed by atoms with Crippen LogP contribution in [-0.4, -0.2) is 41.1 Å². The summed E-state index contributed by atoms with van der Waals surface area (Å²) in [7, 11) is 0. The topological polar surface area (TPSA) is 57.6 Å². The molecule has 4 nitrogen and oxygen atoms in total. The highest BCUT2D eigenvalue weighted by atomic mass is 19.4. The predicted molar refractivity (Wildman–Crippen MR) is 68.5 cm³/mol. The quantitative estimate of drug-likeness (QED) is 0.872. The van der Waals surface area contributed by atoms with Gasteiger partial charge in [-0.2, -0.15) is 13.2 Å². The minimum Gasteiger partial charge on any atom is -0.481 e. The standard InChI is InChI=1S/C14H20F3NO3/c15-14(16,17)10-4-3-7-18(9-10)11(19)8-13(12(20)21)5-1-2-6-13/h10H,1-9H2,(H,20,21). The third-order valence-corrected chi connectivity index (χ3v) is 4.74. The van der Waals surface area contributed by atoms with Crippen LogP contribution in [0.2, 0.25) is 0 Å². The van der Waals surface area contributed by atoms with Gasteiger partial charge in [0.05, 0.1) is 11.3 Å². The first kappa shape index (κ1) is 16.1. The van der Waals surface area contributed by atoms with Crippen molar-refractivity contribution in [2.45, 2.75) is 51.1 Å². The molecule has 120 valence electrons. The van der Waals surface area contributed by atoms with Crippen molar-refractivity contribution in [3.8, 4) is 0 Å². The fourth-order valence-electron chi connectivity index (χ4n) is 3.39. The highest BCUT2D eigenvalue weighted by Gasteiger charge is 2.46. The normalized spacial score (nSPS) is 25.9. The predicted octanol–water partition coefficient (Wildman–Crippen LogP) is 2.82. The first-order valence-corrected chi connectivity index (χ1v) is 7.32. The molecule has 21 heavy (non-hydrogen) atoms. The molecule has 2 fully saturated rings. The van der Waals surface area contributed by atoms with E-state index >= 15 is 0 Å². The van der Waals surface area contributed by atoms with Crippen LogP contribution in [0.15, 0.2) is 0 Å². The number of rotatable bonds is 3. The summed E-state index contributed by atoms with van der Waals surface area (Å²) in [5.41, 5.74) is -1.07. The molecule has 7 heteroatoms. The lowest BCUT2D eigenvalue weighted by molar-refractivity contribution is -0.188. The number of piperidine rings is 1. The second-order valence-electron chi connectivity index (χ2n) is 6.19. The Morgan fingerprint density at radius 2 is 1.81 bits per heavy atom. The van der Waals surface area contributed by atoms with Crippen molar-refractivity contribution in [1.29, 1.82) is 0 Å². The van der Waals surface area contributed by atoms with Gasteiger partial charge < -0.3 is 10.0 Å². The number of halogens is 3. The molecular weight excluding hydrogens is 287 g/mol. The molecule has 1 aliphatic carbocycles. The second-order valence-corrected chi connectivity index (χ2v) is 6.19. The van der Waals surface area contributed by atoms with E-state index in [1.54, 1.807) is 0 Å². The zero-order chi connectivity index (χ0) is 15.7. The van der Waals surface area contributed by atoms with Gasteiger partial charge in [0.2, 0.25) is 5.91 Å². The highest BCUT2D eigenvalue weighted by molar-refractivity contribution is 5.85. The van der Waals surface area contributed by atoms with Crippen molar-refractivity contribution < 1.29 is 27.9 Å². The largest absolute Gasteiger partial charge is 0.481 e. The number of hydrogen-bond donors (Lipinski definition) is 1. The number of alkyl halides is 3. The zero-order valence-electron chi connectivity index (χ0n) is 11.8. The molecule has 0 radical (unpaired) electrons. The maximum absolute atomic E-state index is 12.8. The Kier molecular flexibility index (Phi) is 4.49. The Morgan fingerprint density at radius 1 is 1.19 bits per heavy atom. The van der Waals surface area contributed by atoms with E-state index in [9.17, 15) is 27.9 Å². The van der Waals surface area contributed by atoms with Gasteiger partial charge >= 0.3 is 12.1 Å². The molecule has 1 atom stereocenters. The van der Waals surface area contributed by atoms with Crippen molar-refractivity contribution >= 4 is 11.9 Å². The maximum Gasteiger partial charge on any atom is 0.393 e. The van der Waals surface area contributed by atoms with Crippen LogP contribution in [0.25, 0.3) is 0 Å². The molecule has 1 saturated carbocycles. The van der Waals surface area contributed by atoms with Crippen molar-refractivity contribution in [3.05, 3.63) is 0 Å². The van der Waals surface area contributed by atoms with E-state index in [2.05, 4.69) is 0 Å². The molecule has 0 bridgehead atoms. The van der Waals surface area contributed by atoms with E-state index < -0.39 is 29.4 Å². The van der Waals surface area contributed by atoms with Gasteiger partial charge in [-0.15, -0.1) is 0 Å². The summed E-state index contributed by atoms with van der Waals surface area (Å²) >= 11 is 0. The zero-order valence-corrected chi connectivity index (χ0v) is 11.8. The minimum absolute atomic E-state index is 0.0390. The van der Waals surface area contributed by atoms with Gasteiger partial charge in [-0.3, -0.25) is 9.59 Å². The summed E-state index contributed by atoms with van der Waals surface area (Å²) in [5, 5.41) is 9.34. The molecule has 1 unspecified atom stereocenters. The SMILES string of the molecule is O=C(CC1(C(=O)O)CCCC1)N1CCCC(C(F)(F)F)C1. The van der Waals surface area contributed by atoms with Crippen LogP contribution in [0.3, 0.4) is 0 Å². The van der Waals surface area contributed by atoms with E-state index in [0.717, 1.165) is 12.8 Å². The van der Waals surface area contributed by atoms with E-state index in [-0.39, 0.29) is 19.4 Å². The lowest BCUT2D eigenvalue weighted by atomic mass is 9.82. The Morgan fingerprint density at radius 3 is 2.33 bits per heavy atom. The highest BCUT2D eigenvalue weighted by Crippen LogP contribution is 2.42. The average Bonchev–Trinajstić information content (AvgIpc) is 2.88. The average molecular weight is 307 g/mol. The summed E-state index contributed by atoms with van der Waals surface area (Å²) in [6.07, 6.45) is -1.73. The molecule has 1 heterocycles. The van der Waals surface area contributed by atoms with Crippen molar-refractivity contribution in [3.63, 3.8) is 0 Å². The van der Waals surface area contributed by atoms with Gasteiger partial charge in [0.1, 0.15) is 0 Å². The summed E-state index contributed by atoms with van der Waals surface area (Å²) in [4.78, 5) is 24.8. The number of aliphatic carboxylic acids is 1. The Hall–Kier alpha value is -1.27. The first-order valence-electron chi connectivity index (χ1n) is 7.32. The van der Waals surface area contributed by atoms with Gasteiger partial charge in [0.25, 0.3) is 0 Å². The lowest BCUT2D eigenvalue weighted by Crippen LogP contribution is -2.46. The molecular formula is C14H20F3NO3. The Balaban J connectivity index is 2.01. The van der Waals surface area contributed by atoms with Gasteiger partial charge in [0, 0.05) is 19.5 Å². The summed E-state index contributed by atoms with van der Waals surface area (Å²) in [5.74, 6) is -2.94. The maximum atomic E-state index is 12.8. The molecule has 1 saturated heterocycles. The van der Waals surface area contributed by atoms with Crippen LogP contribution in [0.4, 0.5) is 13.2 Å². The summed E-state index contributed by atoms with van der Waals surface area (Å²) in [6.45, 7) is -0.0425. The number of nitrogens with zero attached hydrogens (tertiary/aromatic N) is 1. The van der Waals surface area contributed by atoms with Crippen molar-refractivity contribution in [2.75, 3.05) is 13.1 Å². The van der Waals surface area contributed by atoms with Crippen LogP contribution in [0.1, 0.15) is 44.9 Å². The lowest BCUT2D eigenvalue weighted by Gasteiger charge is -2.35. The van der Waals surface area contributed by atoms with Crippen molar-refractivity contribution in [1.82, 2.24) is 4.90 Å². The number of carboxylic acid groups (broad SMARTS) is 1. The molecule has 2 rings (SSSR count). The molecule has 1 aliphatic heterocycles. The number of amides is 1.